The Labute approximate surface area is 208 Å². The number of H-pyrrole nitrogens is 1. The molecule has 2 aromatic carbocycles. The van der Waals surface area contributed by atoms with Gasteiger partial charge in [0.15, 0.2) is 11.6 Å². The molecule has 6 rings (SSSR count). The second-order valence-electron chi connectivity index (χ2n) is 10.1. The number of aromatic nitrogens is 3. The number of ether oxygens (including phenoxy) is 2. The average Bonchev–Trinajstić information content (AvgIpc) is 3.50. The van der Waals surface area contributed by atoms with Gasteiger partial charge in [0.05, 0.1) is 30.3 Å². The van der Waals surface area contributed by atoms with E-state index in [0.717, 1.165) is 53.2 Å². The highest BCUT2D eigenvalue weighted by Crippen LogP contribution is 2.47. The molecule has 36 heavy (non-hydrogen) atoms. The predicted molar refractivity (Wildman–Crippen MR) is 135 cm³/mol. The van der Waals surface area contributed by atoms with Crippen LogP contribution >= 0.6 is 0 Å². The largest absolute Gasteiger partial charge is 0.494 e. The summed E-state index contributed by atoms with van der Waals surface area (Å²) in [7, 11) is 1.48. The molecular formula is C28H30FN3O4. The van der Waals surface area contributed by atoms with Crippen molar-refractivity contribution in [2.24, 2.45) is 5.92 Å². The summed E-state index contributed by atoms with van der Waals surface area (Å²) >= 11 is 0. The van der Waals surface area contributed by atoms with Crippen molar-refractivity contribution in [3.8, 4) is 11.4 Å². The molecule has 1 saturated heterocycles. The van der Waals surface area contributed by atoms with Crippen LogP contribution in [0.2, 0.25) is 0 Å². The number of nitrogens with zero attached hydrogens (tertiary/aromatic N) is 2. The highest BCUT2D eigenvalue weighted by molar-refractivity contribution is 5.99. The summed E-state index contributed by atoms with van der Waals surface area (Å²) in [5, 5.41) is 19.1. The average molecular weight is 492 g/mol. The second-order valence-corrected chi connectivity index (χ2v) is 10.1. The van der Waals surface area contributed by atoms with Crippen LogP contribution in [0, 0.1) is 11.7 Å². The maximum Gasteiger partial charge on any atom is 0.306 e. The summed E-state index contributed by atoms with van der Waals surface area (Å²) in [6.45, 7) is 1.41. The van der Waals surface area contributed by atoms with Crippen molar-refractivity contribution >= 4 is 27.8 Å². The van der Waals surface area contributed by atoms with E-state index in [0.29, 0.717) is 26.1 Å². The van der Waals surface area contributed by atoms with Crippen molar-refractivity contribution < 1.29 is 23.8 Å². The van der Waals surface area contributed by atoms with Crippen molar-refractivity contribution in [2.75, 3.05) is 20.3 Å². The van der Waals surface area contributed by atoms with Crippen LogP contribution in [0.4, 0.5) is 4.39 Å². The molecule has 0 radical (unpaired) electrons. The van der Waals surface area contributed by atoms with Crippen LogP contribution in [0.1, 0.15) is 61.6 Å². The Morgan fingerprint density at radius 1 is 1.11 bits per heavy atom. The van der Waals surface area contributed by atoms with E-state index >= 15 is 0 Å². The summed E-state index contributed by atoms with van der Waals surface area (Å²) in [5.41, 5.74) is 5.40. The number of hydrogen-bond donors (Lipinski definition) is 2. The third kappa shape index (κ3) is 3.84. The Morgan fingerprint density at radius 2 is 1.89 bits per heavy atom. The fourth-order valence-electron chi connectivity index (χ4n) is 6.27. The molecule has 2 aromatic heterocycles. The van der Waals surface area contributed by atoms with E-state index < -0.39 is 11.8 Å². The third-order valence-electron chi connectivity index (χ3n) is 8.09. The van der Waals surface area contributed by atoms with Gasteiger partial charge in [0, 0.05) is 47.4 Å². The molecule has 1 aliphatic heterocycles. The van der Waals surface area contributed by atoms with Gasteiger partial charge in [-0.1, -0.05) is 0 Å². The molecule has 1 aliphatic carbocycles. The maximum absolute atomic E-state index is 14.4. The Morgan fingerprint density at radius 3 is 2.61 bits per heavy atom. The number of nitrogens with one attached hydrogen (secondary N) is 1. The Bertz CT molecular complexity index is 1430. The molecule has 188 valence electrons. The smallest absolute Gasteiger partial charge is 0.306 e. The van der Waals surface area contributed by atoms with Crippen molar-refractivity contribution in [3.05, 3.63) is 53.6 Å². The molecule has 0 atom stereocenters. The first kappa shape index (κ1) is 23.0. The molecule has 2 N–H and O–H groups in total. The highest BCUT2D eigenvalue weighted by Gasteiger charge is 2.34. The minimum absolute atomic E-state index is 0.209. The number of carbonyl (C=O) groups is 1. The van der Waals surface area contributed by atoms with E-state index in [9.17, 15) is 14.3 Å². The zero-order valence-electron chi connectivity index (χ0n) is 20.3. The molecule has 4 aromatic rings. The van der Waals surface area contributed by atoms with Gasteiger partial charge < -0.3 is 19.1 Å². The van der Waals surface area contributed by atoms with Crippen LogP contribution in [0.15, 0.2) is 36.5 Å². The summed E-state index contributed by atoms with van der Waals surface area (Å²) in [6.07, 6.45) is 6.66. The van der Waals surface area contributed by atoms with Crippen LogP contribution in [0.5, 0.6) is 5.75 Å². The van der Waals surface area contributed by atoms with Crippen LogP contribution < -0.4 is 4.74 Å². The van der Waals surface area contributed by atoms with Gasteiger partial charge in [0.2, 0.25) is 0 Å². The number of methoxy groups -OCH3 is 1. The van der Waals surface area contributed by atoms with E-state index in [2.05, 4.69) is 26.9 Å². The fourth-order valence-corrected chi connectivity index (χ4v) is 6.27. The first-order valence-corrected chi connectivity index (χ1v) is 12.7. The standard InChI is InChI=1S/C28H30FN3O4/c1-35-25-13-20(6-7-22(25)29)32-24-12-19-15-30-31-23(19)14-21(24)26(27(32)17-8-10-36-11-9-17)16-2-4-18(5-3-16)28(33)34/h6-7,12-18H,2-5,8-11H2,1H3,(H,30,31)(H,33,34)/t16-,18-. The minimum atomic E-state index is -0.696. The lowest BCUT2D eigenvalue weighted by Crippen LogP contribution is -2.23. The van der Waals surface area contributed by atoms with E-state index in [1.807, 2.05) is 12.3 Å². The van der Waals surface area contributed by atoms with Gasteiger partial charge in [-0.15, -0.1) is 0 Å². The van der Waals surface area contributed by atoms with Gasteiger partial charge in [-0.2, -0.15) is 5.10 Å². The maximum atomic E-state index is 14.4. The molecule has 8 heteroatoms. The van der Waals surface area contributed by atoms with Gasteiger partial charge in [0.1, 0.15) is 0 Å². The number of hydrogen-bond acceptors (Lipinski definition) is 4. The summed E-state index contributed by atoms with van der Waals surface area (Å²) in [6, 6.07) is 9.37. The lowest BCUT2D eigenvalue weighted by atomic mass is 9.76. The Hall–Kier alpha value is -3.39. The van der Waals surface area contributed by atoms with E-state index in [1.165, 1.54) is 24.4 Å². The highest BCUT2D eigenvalue weighted by atomic mass is 19.1. The molecule has 2 fully saturated rings. The lowest BCUT2D eigenvalue weighted by Gasteiger charge is -2.31. The molecule has 3 heterocycles. The van der Waals surface area contributed by atoms with E-state index in [1.54, 1.807) is 6.07 Å². The van der Waals surface area contributed by atoms with Gasteiger partial charge in [-0.05, 0) is 74.3 Å². The van der Waals surface area contributed by atoms with Crippen LogP contribution in [0.25, 0.3) is 27.5 Å². The summed E-state index contributed by atoms with van der Waals surface area (Å²) < 4.78 is 27.7. The number of fused-ring (bicyclic) bond motifs is 2. The number of aliphatic carboxylic acids is 1. The number of benzene rings is 2. The third-order valence-corrected chi connectivity index (χ3v) is 8.09. The Kier molecular flexibility index (Phi) is 5.91. The fraction of sp³-hybridized carbons (Fsp3) is 0.429. The van der Waals surface area contributed by atoms with Gasteiger partial charge in [0.25, 0.3) is 0 Å². The molecule has 0 spiro atoms. The zero-order chi connectivity index (χ0) is 24.8. The number of aromatic amines is 1. The lowest BCUT2D eigenvalue weighted by molar-refractivity contribution is -0.142. The normalized spacial score (nSPS) is 21.3. The van der Waals surface area contributed by atoms with E-state index in [4.69, 9.17) is 9.47 Å². The van der Waals surface area contributed by atoms with Gasteiger partial charge in [-0.3, -0.25) is 9.89 Å². The molecular weight excluding hydrogens is 461 g/mol. The van der Waals surface area contributed by atoms with Crippen LogP contribution in [0.3, 0.4) is 0 Å². The topological polar surface area (TPSA) is 89.4 Å². The number of halogens is 1. The molecule has 0 unspecified atom stereocenters. The monoisotopic (exact) mass is 491 g/mol. The van der Waals surface area contributed by atoms with Gasteiger partial charge >= 0.3 is 5.97 Å². The zero-order valence-corrected chi connectivity index (χ0v) is 20.3. The quantitative estimate of drug-likeness (QED) is 0.362. The Balaban J connectivity index is 1.62. The number of rotatable bonds is 5. The van der Waals surface area contributed by atoms with Crippen molar-refractivity contribution in [3.63, 3.8) is 0 Å². The first-order valence-electron chi connectivity index (χ1n) is 12.7. The number of carboxylic acids is 1. The summed E-state index contributed by atoms with van der Waals surface area (Å²) in [5.74, 6) is -0.620. The first-order chi connectivity index (χ1) is 17.5. The van der Waals surface area contributed by atoms with Gasteiger partial charge in [-0.25, -0.2) is 4.39 Å². The molecule has 0 bridgehead atoms. The van der Waals surface area contributed by atoms with Crippen molar-refractivity contribution in [1.82, 2.24) is 14.8 Å². The minimum Gasteiger partial charge on any atom is -0.494 e. The molecule has 1 saturated carbocycles. The van der Waals surface area contributed by atoms with Crippen molar-refractivity contribution in [1.29, 1.82) is 0 Å². The molecule has 2 aliphatic rings. The van der Waals surface area contributed by atoms with E-state index in [-0.39, 0.29) is 23.5 Å². The summed E-state index contributed by atoms with van der Waals surface area (Å²) in [4.78, 5) is 11.6. The van der Waals surface area contributed by atoms with Crippen molar-refractivity contribution in [2.45, 2.75) is 50.4 Å². The molecule has 0 amide bonds. The predicted octanol–water partition coefficient (Wildman–Crippen LogP) is 5.91. The molecule has 7 nitrogen and oxygen atoms in total. The second kappa shape index (κ2) is 9.24. The number of carboxylic acid groups (broad SMARTS) is 1. The SMILES string of the molecule is COc1cc(-n2c(C3CCOCC3)c([C@H]3CC[C@H](C(=O)O)CC3)c3cc4[nH]ncc4cc32)ccc1F. The van der Waals surface area contributed by atoms with Crippen LogP contribution in [-0.4, -0.2) is 46.2 Å². The van der Waals surface area contributed by atoms with Crippen LogP contribution in [-0.2, 0) is 9.53 Å².